The minimum atomic E-state index is -3.20. The highest BCUT2D eigenvalue weighted by Gasteiger charge is 2.30. The molecule has 0 atom stereocenters. The van der Waals surface area contributed by atoms with Crippen molar-refractivity contribution in [3.63, 3.8) is 0 Å². The smallest absolute Gasteiger partial charge is 0.209 e. The molecule has 0 heterocycles. The van der Waals surface area contributed by atoms with Gasteiger partial charge in [0, 0.05) is 18.6 Å². The molecule has 0 radical (unpaired) electrons. The van der Waals surface area contributed by atoms with Crippen molar-refractivity contribution in [2.75, 3.05) is 19.3 Å². The highest BCUT2D eigenvalue weighted by Crippen LogP contribution is 2.27. The summed E-state index contributed by atoms with van der Waals surface area (Å²) in [4.78, 5) is 0. The zero-order valence-corrected chi connectivity index (χ0v) is 12.4. The van der Waals surface area contributed by atoms with Gasteiger partial charge in [0.1, 0.15) is 0 Å². The zero-order chi connectivity index (χ0) is 13.9. The number of sulfonamides is 1. The zero-order valence-electron chi connectivity index (χ0n) is 11.6. The Labute approximate surface area is 110 Å². The van der Waals surface area contributed by atoms with Crippen molar-refractivity contribution in [3.8, 4) is 0 Å². The van der Waals surface area contributed by atoms with Crippen LogP contribution in [0.25, 0.3) is 0 Å². The normalized spacial score (nSPS) is 20.9. The van der Waals surface area contributed by atoms with Crippen molar-refractivity contribution < 1.29 is 13.5 Å². The summed E-state index contributed by atoms with van der Waals surface area (Å²) in [5.41, 5.74) is -1.15. The molecule has 0 saturated heterocycles. The van der Waals surface area contributed by atoms with E-state index in [0.717, 1.165) is 31.9 Å². The number of hydrogen-bond donors (Lipinski definition) is 3. The Morgan fingerprint density at radius 2 is 1.78 bits per heavy atom. The molecule has 0 aromatic rings. The second-order valence-corrected chi connectivity index (χ2v) is 7.90. The summed E-state index contributed by atoms with van der Waals surface area (Å²) < 4.78 is 24.9. The third-order valence-electron chi connectivity index (χ3n) is 3.27. The molecule has 0 aliphatic heterocycles. The van der Waals surface area contributed by atoms with Crippen LogP contribution < -0.4 is 10.0 Å². The molecule has 0 bridgehead atoms. The van der Waals surface area contributed by atoms with E-state index >= 15 is 0 Å². The van der Waals surface area contributed by atoms with Gasteiger partial charge in [-0.25, -0.2) is 13.1 Å². The molecule has 0 spiro atoms. The van der Waals surface area contributed by atoms with E-state index < -0.39 is 21.2 Å². The van der Waals surface area contributed by atoms with Gasteiger partial charge in [-0.3, -0.25) is 0 Å². The van der Waals surface area contributed by atoms with Crippen molar-refractivity contribution in [2.24, 2.45) is 0 Å². The molecule has 1 saturated carbocycles. The van der Waals surface area contributed by atoms with Crippen molar-refractivity contribution in [1.29, 1.82) is 0 Å². The predicted octanol–water partition coefficient (Wildman–Crippen LogP) is 0.599. The maximum absolute atomic E-state index is 11.2. The molecule has 6 heteroatoms. The lowest BCUT2D eigenvalue weighted by Crippen LogP contribution is -2.52. The van der Waals surface area contributed by atoms with E-state index in [1.165, 1.54) is 6.42 Å². The molecular formula is C12H26N2O3S. The van der Waals surface area contributed by atoms with Gasteiger partial charge in [0.25, 0.3) is 0 Å². The number of aliphatic hydroxyl groups is 1. The van der Waals surface area contributed by atoms with Crippen LogP contribution in [0.15, 0.2) is 0 Å². The Balaban J connectivity index is 2.36. The fraction of sp³-hybridized carbons (Fsp3) is 1.00. The fourth-order valence-corrected chi connectivity index (χ4v) is 3.61. The van der Waals surface area contributed by atoms with Gasteiger partial charge in [0.05, 0.1) is 11.9 Å². The molecule has 1 fully saturated rings. The first kappa shape index (κ1) is 15.9. The fourth-order valence-electron chi connectivity index (χ4n) is 2.53. The molecule has 0 amide bonds. The van der Waals surface area contributed by atoms with Gasteiger partial charge in [0.15, 0.2) is 0 Å². The van der Waals surface area contributed by atoms with E-state index in [-0.39, 0.29) is 0 Å². The monoisotopic (exact) mass is 278 g/mol. The molecular weight excluding hydrogens is 252 g/mol. The van der Waals surface area contributed by atoms with Gasteiger partial charge < -0.3 is 10.4 Å². The minimum absolute atomic E-state index is 0.502. The van der Waals surface area contributed by atoms with Crippen LogP contribution in [0.3, 0.4) is 0 Å². The van der Waals surface area contributed by atoms with Gasteiger partial charge >= 0.3 is 0 Å². The Hall–Kier alpha value is -0.170. The van der Waals surface area contributed by atoms with Crippen LogP contribution in [0.1, 0.15) is 46.0 Å². The predicted molar refractivity (Wildman–Crippen MR) is 73.0 cm³/mol. The Morgan fingerprint density at radius 1 is 1.22 bits per heavy atom. The van der Waals surface area contributed by atoms with E-state index in [0.29, 0.717) is 13.1 Å². The van der Waals surface area contributed by atoms with Gasteiger partial charge in [-0.05, 0) is 26.7 Å². The molecule has 3 N–H and O–H groups in total. The standard InChI is InChI=1S/C12H26N2O3S/c1-11(2,14-18(3,16)17)9-13-10-12(15)7-5-4-6-8-12/h13-15H,4-10H2,1-3H3. The Bertz CT molecular complexity index is 360. The SMILES string of the molecule is CC(C)(CNCC1(O)CCCCC1)NS(C)(=O)=O. The van der Waals surface area contributed by atoms with Crippen molar-refractivity contribution in [2.45, 2.75) is 57.1 Å². The topological polar surface area (TPSA) is 78.4 Å². The van der Waals surface area contributed by atoms with Crippen LogP contribution in [0.4, 0.5) is 0 Å². The molecule has 0 aromatic carbocycles. The average molecular weight is 278 g/mol. The summed E-state index contributed by atoms with van der Waals surface area (Å²) in [6, 6.07) is 0. The second-order valence-electron chi connectivity index (χ2n) is 6.15. The van der Waals surface area contributed by atoms with Crippen LogP contribution in [0, 0.1) is 0 Å². The van der Waals surface area contributed by atoms with E-state index in [1.54, 1.807) is 0 Å². The van der Waals surface area contributed by atoms with Crippen molar-refractivity contribution in [3.05, 3.63) is 0 Å². The largest absolute Gasteiger partial charge is 0.389 e. The van der Waals surface area contributed by atoms with Gasteiger partial charge in [0.2, 0.25) is 10.0 Å². The van der Waals surface area contributed by atoms with Crippen molar-refractivity contribution in [1.82, 2.24) is 10.0 Å². The van der Waals surface area contributed by atoms with Crippen molar-refractivity contribution >= 4 is 10.0 Å². The summed E-state index contributed by atoms with van der Waals surface area (Å²) in [6.07, 6.45) is 6.17. The van der Waals surface area contributed by atoms with Gasteiger partial charge in [-0.2, -0.15) is 0 Å². The molecule has 0 unspecified atom stereocenters. The highest BCUT2D eigenvalue weighted by molar-refractivity contribution is 7.88. The van der Waals surface area contributed by atoms with Gasteiger partial charge in [-0.15, -0.1) is 0 Å². The van der Waals surface area contributed by atoms with Crippen LogP contribution in [-0.4, -0.2) is 44.0 Å². The van der Waals surface area contributed by atoms with Crippen LogP contribution in [-0.2, 0) is 10.0 Å². The third kappa shape index (κ3) is 6.13. The van der Waals surface area contributed by atoms with E-state index in [9.17, 15) is 13.5 Å². The van der Waals surface area contributed by atoms with Gasteiger partial charge in [-0.1, -0.05) is 19.3 Å². The van der Waals surface area contributed by atoms with E-state index in [2.05, 4.69) is 10.0 Å². The lowest BCUT2D eigenvalue weighted by molar-refractivity contribution is 0.00420. The first-order chi connectivity index (χ1) is 8.12. The summed E-state index contributed by atoms with van der Waals surface area (Å²) in [6.45, 7) is 4.68. The quantitative estimate of drug-likeness (QED) is 0.665. The number of nitrogens with one attached hydrogen (secondary N) is 2. The van der Waals surface area contributed by atoms with Crippen LogP contribution in [0.2, 0.25) is 0 Å². The van der Waals surface area contributed by atoms with E-state index in [1.807, 2.05) is 13.8 Å². The Morgan fingerprint density at radius 3 is 2.28 bits per heavy atom. The summed E-state index contributed by atoms with van der Waals surface area (Å²) in [5, 5.41) is 13.5. The first-order valence-corrected chi connectivity index (χ1v) is 8.43. The molecule has 1 rings (SSSR count). The van der Waals surface area contributed by atoms with Crippen LogP contribution in [0.5, 0.6) is 0 Å². The lowest BCUT2D eigenvalue weighted by atomic mass is 9.85. The molecule has 1 aliphatic rings. The van der Waals surface area contributed by atoms with Crippen LogP contribution >= 0.6 is 0 Å². The number of rotatable bonds is 6. The maximum atomic E-state index is 11.2. The first-order valence-electron chi connectivity index (χ1n) is 6.54. The second kappa shape index (κ2) is 5.86. The average Bonchev–Trinajstić information content (AvgIpc) is 2.13. The minimum Gasteiger partial charge on any atom is -0.389 e. The molecule has 108 valence electrons. The number of hydrogen-bond acceptors (Lipinski definition) is 4. The lowest BCUT2D eigenvalue weighted by Gasteiger charge is -2.34. The summed E-state index contributed by atoms with van der Waals surface area (Å²) in [7, 11) is -3.20. The van der Waals surface area contributed by atoms with E-state index in [4.69, 9.17) is 0 Å². The summed E-state index contributed by atoms with van der Waals surface area (Å²) in [5.74, 6) is 0. The molecule has 0 aromatic heterocycles. The third-order valence-corrected chi connectivity index (χ3v) is 4.19. The summed E-state index contributed by atoms with van der Waals surface area (Å²) >= 11 is 0. The molecule has 1 aliphatic carbocycles. The highest BCUT2D eigenvalue weighted by atomic mass is 32.2. The molecule has 5 nitrogen and oxygen atoms in total. The maximum Gasteiger partial charge on any atom is 0.209 e. The Kier molecular flexibility index (Phi) is 5.17. The molecule has 18 heavy (non-hydrogen) atoms.